The Kier molecular flexibility index (Phi) is 3.92. The highest BCUT2D eigenvalue weighted by Gasteiger charge is 2.35. The van der Waals surface area contributed by atoms with Crippen molar-refractivity contribution in [1.29, 1.82) is 0 Å². The predicted molar refractivity (Wildman–Crippen MR) is 56.9 cm³/mol. The van der Waals surface area contributed by atoms with Gasteiger partial charge in [-0.2, -0.15) is 0 Å². The number of amides is 2. The number of alkyl halides is 1. The normalized spacial score (nSPS) is 24.0. The molecule has 2 atom stereocenters. The monoisotopic (exact) mass is 262 g/mol. The van der Waals surface area contributed by atoms with Gasteiger partial charge in [-0.05, 0) is 12.3 Å². The number of rotatable bonds is 4. The molecule has 4 nitrogen and oxygen atoms in total. The van der Waals surface area contributed by atoms with Crippen LogP contribution in [0.5, 0.6) is 0 Å². The molecule has 1 rings (SSSR count). The Balaban J connectivity index is 2.68. The highest BCUT2D eigenvalue weighted by atomic mass is 79.9. The summed E-state index contributed by atoms with van der Waals surface area (Å²) in [5, 5.41) is 0.796. The number of carbonyl (C=O) groups excluding carboxylic acids is 2. The smallest absolute Gasteiger partial charge is 0.240 e. The molecule has 0 aromatic heterocycles. The Morgan fingerprint density at radius 3 is 2.79 bits per heavy atom. The molecule has 1 fully saturated rings. The van der Waals surface area contributed by atoms with E-state index in [2.05, 4.69) is 15.9 Å². The van der Waals surface area contributed by atoms with Crippen LogP contribution in [0.1, 0.15) is 19.8 Å². The summed E-state index contributed by atoms with van der Waals surface area (Å²) in [5.41, 5.74) is 5.23. The van der Waals surface area contributed by atoms with Crippen LogP contribution in [0.2, 0.25) is 0 Å². The lowest BCUT2D eigenvalue weighted by Gasteiger charge is -2.24. The van der Waals surface area contributed by atoms with Crippen molar-refractivity contribution >= 4 is 27.7 Å². The zero-order chi connectivity index (χ0) is 10.7. The minimum absolute atomic E-state index is 0.0418. The number of nitrogens with two attached hydrogens (primary N) is 1. The number of carbonyl (C=O) groups is 2. The molecular weight excluding hydrogens is 248 g/mol. The summed E-state index contributed by atoms with van der Waals surface area (Å²) in [4.78, 5) is 24.2. The van der Waals surface area contributed by atoms with Crippen molar-refractivity contribution in [1.82, 2.24) is 4.90 Å². The van der Waals surface area contributed by atoms with Crippen molar-refractivity contribution in [3.63, 3.8) is 0 Å². The Hall–Kier alpha value is -0.580. The molecule has 0 radical (unpaired) electrons. The zero-order valence-electron chi connectivity index (χ0n) is 8.20. The molecule has 0 aromatic carbocycles. The molecule has 80 valence electrons. The van der Waals surface area contributed by atoms with Crippen molar-refractivity contribution in [2.45, 2.75) is 25.8 Å². The maximum absolute atomic E-state index is 11.5. The van der Waals surface area contributed by atoms with Gasteiger partial charge >= 0.3 is 0 Å². The van der Waals surface area contributed by atoms with Crippen molar-refractivity contribution in [3.8, 4) is 0 Å². The average Bonchev–Trinajstić information content (AvgIpc) is 2.48. The summed E-state index contributed by atoms with van der Waals surface area (Å²) >= 11 is 3.34. The second-order valence-electron chi connectivity index (χ2n) is 3.60. The quantitative estimate of drug-likeness (QED) is 0.750. The molecule has 14 heavy (non-hydrogen) atoms. The van der Waals surface area contributed by atoms with E-state index in [1.165, 1.54) is 0 Å². The molecule has 1 aliphatic heterocycles. The molecule has 1 saturated heterocycles. The van der Waals surface area contributed by atoms with E-state index in [1.54, 1.807) is 4.90 Å². The number of hydrogen-bond acceptors (Lipinski definition) is 2. The summed E-state index contributed by atoms with van der Waals surface area (Å²) in [5.74, 6) is -0.0490. The van der Waals surface area contributed by atoms with E-state index in [4.69, 9.17) is 5.73 Å². The van der Waals surface area contributed by atoms with Crippen LogP contribution in [0.15, 0.2) is 0 Å². The molecule has 5 heteroatoms. The zero-order valence-corrected chi connectivity index (χ0v) is 9.79. The Labute approximate surface area is 91.9 Å². The van der Waals surface area contributed by atoms with Crippen LogP contribution in [0.25, 0.3) is 0 Å². The minimum atomic E-state index is -0.424. The van der Waals surface area contributed by atoms with Crippen molar-refractivity contribution in [3.05, 3.63) is 0 Å². The summed E-state index contributed by atoms with van der Waals surface area (Å²) in [6.07, 6.45) is 1.12. The maximum atomic E-state index is 11.5. The summed E-state index contributed by atoms with van der Waals surface area (Å²) in [6, 6.07) is -0.424. The first-order chi connectivity index (χ1) is 6.60. The summed E-state index contributed by atoms with van der Waals surface area (Å²) < 4.78 is 0. The van der Waals surface area contributed by atoms with Gasteiger partial charge in [0.25, 0.3) is 0 Å². The lowest BCUT2D eigenvalue weighted by molar-refractivity contribution is -0.136. The Morgan fingerprint density at radius 1 is 1.79 bits per heavy atom. The third-order valence-corrected chi connectivity index (χ3v) is 3.46. The van der Waals surface area contributed by atoms with Crippen LogP contribution in [0.3, 0.4) is 0 Å². The molecule has 0 saturated carbocycles. The van der Waals surface area contributed by atoms with Crippen LogP contribution < -0.4 is 5.73 Å². The fourth-order valence-corrected chi connectivity index (χ4v) is 2.22. The maximum Gasteiger partial charge on any atom is 0.240 e. The van der Waals surface area contributed by atoms with Gasteiger partial charge in [0.1, 0.15) is 6.04 Å². The number of likely N-dealkylation sites (tertiary alicyclic amines) is 1. The van der Waals surface area contributed by atoms with Gasteiger partial charge in [0, 0.05) is 18.3 Å². The van der Waals surface area contributed by atoms with E-state index in [1.807, 2.05) is 6.92 Å². The van der Waals surface area contributed by atoms with Crippen LogP contribution in [0, 0.1) is 5.92 Å². The van der Waals surface area contributed by atoms with Crippen LogP contribution in [0.4, 0.5) is 0 Å². The highest BCUT2D eigenvalue weighted by Crippen LogP contribution is 2.22. The Morgan fingerprint density at radius 2 is 2.43 bits per heavy atom. The first-order valence-corrected chi connectivity index (χ1v) is 5.87. The first kappa shape index (κ1) is 11.5. The van der Waals surface area contributed by atoms with E-state index in [0.717, 1.165) is 5.33 Å². The number of nitrogens with zero attached hydrogens (tertiary/aromatic N) is 1. The van der Waals surface area contributed by atoms with E-state index in [-0.39, 0.29) is 5.91 Å². The first-order valence-electron chi connectivity index (χ1n) is 4.74. The molecule has 1 aliphatic rings. The van der Waals surface area contributed by atoms with Gasteiger partial charge in [-0.15, -0.1) is 0 Å². The third kappa shape index (κ3) is 2.26. The third-order valence-electron chi connectivity index (χ3n) is 2.55. The van der Waals surface area contributed by atoms with Gasteiger partial charge < -0.3 is 10.6 Å². The SMILES string of the molecule is CC[C@@H](C(N)=O)N1C[C@H](CBr)CC1=O. The van der Waals surface area contributed by atoms with Gasteiger partial charge in [0.15, 0.2) is 0 Å². The molecule has 0 unspecified atom stereocenters. The van der Waals surface area contributed by atoms with Gasteiger partial charge in [0.05, 0.1) is 0 Å². The van der Waals surface area contributed by atoms with Gasteiger partial charge in [-0.25, -0.2) is 0 Å². The highest BCUT2D eigenvalue weighted by molar-refractivity contribution is 9.09. The molecule has 1 heterocycles. The van der Waals surface area contributed by atoms with Crippen LogP contribution >= 0.6 is 15.9 Å². The summed E-state index contributed by atoms with van der Waals surface area (Å²) in [7, 11) is 0. The van der Waals surface area contributed by atoms with Gasteiger partial charge in [-0.3, -0.25) is 9.59 Å². The average molecular weight is 263 g/mol. The summed E-state index contributed by atoms with van der Waals surface area (Å²) in [6.45, 7) is 2.51. The fourth-order valence-electron chi connectivity index (χ4n) is 1.79. The van der Waals surface area contributed by atoms with Crippen molar-refractivity contribution in [2.75, 3.05) is 11.9 Å². The lowest BCUT2D eigenvalue weighted by Crippen LogP contribution is -2.45. The largest absolute Gasteiger partial charge is 0.368 e. The van der Waals surface area contributed by atoms with E-state index in [0.29, 0.717) is 25.3 Å². The van der Waals surface area contributed by atoms with E-state index < -0.39 is 11.9 Å². The standard InChI is InChI=1S/C9H15BrN2O2/c1-2-7(9(11)14)12-5-6(4-10)3-8(12)13/h6-7H,2-5H2,1H3,(H2,11,14)/t6-,7-/m0/s1. The topological polar surface area (TPSA) is 63.4 Å². The fraction of sp³-hybridized carbons (Fsp3) is 0.778. The van der Waals surface area contributed by atoms with E-state index >= 15 is 0 Å². The van der Waals surface area contributed by atoms with Crippen molar-refractivity contribution < 1.29 is 9.59 Å². The lowest BCUT2D eigenvalue weighted by atomic mass is 10.1. The second-order valence-corrected chi connectivity index (χ2v) is 4.24. The Bertz CT molecular complexity index is 245. The molecular formula is C9H15BrN2O2. The second kappa shape index (κ2) is 4.77. The predicted octanol–water partition coefficient (Wildman–Crippen LogP) is 0.494. The van der Waals surface area contributed by atoms with Crippen LogP contribution in [-0.4, -0.2) is 34.6 Å². The number of halogens is 1. The van der Waals surface area contributed by atoms with Crippen LogP contribution in [-0.2, 0) is 9.59 Å². The van der Waals surface area contributed by atoms with E-state index in [9.17, 15) is 9.59 Å². The molecule has 2 amide bonds. The van der Waals surface area contributed by atoms with Crippen molar-refractivity contribution in [2.24, 2.45) is 11.7 Å². The minimum Gasteiger partial charge on any atom is -0.368 e. The number of primary amides is 1. The molecule has 0 aromatic rings. The van der Waals surface area contributed by atoms with Gasteiger partial charge in [-0.1, -0.05) is 22.9 Å². The molecule has 0 aliphatic carbocycles. The molecule has 0 spiro atoms. The molecule has 2 N–H and O–H groups in total. The molecule has 0 bridgehead atoms. The number of hydrogen-bond donors (Lipinski definition) is 1. The van der Waals surface area contributed by atoms with Gasteiger partial charge in [0.2, 0.25) is 11.8 Å².